The molecule has 0 unspecified atom stereocenters. The Morgan fingerprint density at radius 3 is 2.50 bits per heavy atom. The molecule has 0 radical (unpaired) electrons. The highest BCUT2D eigenvalue weighted by Crippen LogP contribution is 2.26. The summed E-state index contributed by atoms with van der Waals surface area (Å²) in [7, 11) is 0. The molecule has 2 aliphatic heterocycles. The van der Waals surface area contributed by atoms with Crippen molar-refractivity contribution in [1.82, 2.24) is 9.80 Å². The van der Waals surface area contributed by atoms with Crippen LogP contribution in [0.5, 0.6) is 5.75 Å². The van der Waals surface area contributed by atoms with Gasteiger partial charge in [0, 0.05) is 43.3 Å². The lowest BCUT2D eigenvalue weighted by molar-refractivity contribution is -0.129. The first-order valence-corrected chi connectivity index (χ1v) is 9.25. The minimum atomic E-state index is 0.0886. The number of benzene rings is 2. The van der Waals surface area contributed by atoms with E-state index in [1.54, 1.807) is 0 Å². The summed E-state index contributed by atoms with van der Waals surface area (Å²) in [6, 6.07) is 15.8. The molecule has 0 saturated carbocycles. The Balaban J connectivity index is 1.35. The zero-order valence-electron chi connectivity index (χ0n) is 14.5. The fourth-order valence-electron chi connectivity index (χ4n) is 3.40. The second-order valence-corrected chi connectivity index (χ2v) is 7.13. The van der Waals surface area contributed by atoms with Gasteiger partial charge in [-0.2, -0.15) is 0 Å². The van der Waals surface area contributed by atoms with Gasteiger partial charge in [0.2, 0.25) is 0 Å². The quantitative estimate of drug-likeness (QED) is 0.831. The van der Waals surface area contributed by atoms with E-state index in [0.29, 0.717) is 6.61 Å². The van der Waals surface area contributed by atoms with E-state index >= 15 is 0 Å². The van der Waals surface area contributed by atoms with Gasteiger partial charge in [0.15, 0.2) is 0 Å². The fraction of sp³-hybridized carbons (Fsp3) is 0.286. The van der Waals surface area contributed by atoms with Crippen molar-refractivity contribution in [3.05, 3.63) is 70.3 Å². The number of nitrogens with zero attached hydrogens (tertiary/aromatic N) is 2. The molecule has 26 heavy (non-hydrogen) atoms. The molecule has 1 saturated heterocycles. The van der Waals surface area contributed by atoms with Crippen LogP contribution in [-0.4, -0.2) is 48.5 Å². The van der Waals surface area contributed by atoms with Gasteiger partial charge in [-0.1, -0.05) is 41.9 Å². The molecule has 4 nitrogen and oxygen atoms in total. The molecule has 1 amide bonds. The average molecular weight is 369 g/mol. The summed E-state index contributed by atoms with van der Waals surface area (Å²) in [6.07, 6.45) is 1.96. The number of ether oxygens (including phenoxy) is 1. The number of carbonyl (C=O) groups excluding carboxylic acids is 1. The number of fused-ring (bicyclic) bond motifs is 1. The van der Waals surface area contributed by atoms with Gasteiger partial charge < -0.3 is 9.64 Å². The number of halogens is 1. The van der Waals surface area contributed by atoms with Gasteiger partial charge in [0.05, 0.1) is 5.57 Å². The summed E-state index contributed by atoms with van der Waals surface area (Å²) >= 11 is 5.94. The van der Waals surface area contributed by atoms with E-state index in [0.717, 1.165) is 54.6 Å². The maximum absolute atomic E-state index is 12.8. The van der Waals surface area contributed by atoms with Crippen LogP contribution in [0, 0.1) is 0 Å². The van der Waals surface area contributed by atoms with Crippen LogP contribution in [0.4, 0.5) is 0 Å². The smallest absolute Gasteiger partial charge is 0.253 e. The third-order valence-corrected chi connectivity index (χ3v) is 5.14. The van der Waals surface area contributed by atoms with E-state index in [9.17, 15) is 4.79 Å². The summed E-state index contributed by atoms with van der Waals surface area (Å²) in [5.74, 6) is 0.933. The van der Waals surface area contributed by atoms with E-state index in [4.69, 9.17) is 16.3 Å². The van der Waals surface area contributed by atoms with Gasteiger partial charge in [-0.15, -0.1) is 0 Å². The molecule has 0 aromatic heterocycles. The molecule has 2 heterocycles. The summed E-state index contributed by atoms with van der Waals surface area (Å²) < 4.78 is 5.72. The lowest BCUT2D eigenvalue weighted by atomic mass is 10.1. The maximum Gasteiger partial charge on any atom is 0.253 e. The van der Waals surface area contributed by atoms with Gasteiger partial charge in [-0.3, -0.25) is 9.69 Å². The van der Waals surface area contributed by atoms with Crippen molar-refractivity contribution < 1.29 is 9.53 Å². The Bertz CT molecular complexity index is 824. The van der Waals surface area contributed by atoms with Crippen molar-refractivity contribution in [2.24, 2.45) is 0 Å². The molecule has 2 aromatic carbocycles. The Morgan fingerprint density at radius 1 is 1.00 bits per heavy atom. The number of rotatable bonds is 3. The number of para-hydroxylation sites is 1. The van der Waals surface area contributed by atoms with Crippen molar-refractivity contribution in [2.45, 2.75) is 6.54 Å². The van der Waals surface area contributed by atoms with Crippen LogP contribution < -0.4 is 4.74 Å². The van der Waals surface area contributed by atoms with Crippen LogP contribution in [0.15, 0.2) is 54.1 Å². The standard InChI is InChI=1S/C21H21ClN2O2/c22-19-7-5-16(6-8-19)14-23-9-11-24(12-10-23)21(25)18-13-17-3-1-2-4-20(17)26-15-18/h1-8,13H,9-12,14-15H2. The molecule has 0 aliphatic carbocycles. The van der Waals surface area contributed by atoms with Crippen molar-refractivity contribution in [3.63, 3.8) is 0 Å². The zero-order chi connectivity index (χ0) is 17.9. The van der Waals surface area contributed by atoms with Crippen molar-refractivity contribution in [2.75, 3.05) is 32.8 Å². The zero-order valence-corrected chi connectivity index (χ0v) is 15.3. The van der Waals surface area contributed by atoms with Crippen LogP contribution in [0.2, 0.25) is 5.02 Å². The molecule has 2 aromatic rings. The Morgan fingerprint density at radius 2 is 1.73 bits per heavy atom. The topological polar surface area (TPSA) is 32.8 Å². The minimum absolute atomic E-state index is 0.0886. The molecular formula is C21H21ClN2O2. The molecule has 0 spiro atoms. The molecule has 2 aliphatic rings. The minimum Gasteiger partial charge on any atom is -0.488 e. The van der Waals surface area contributed by atoms with Crippen molar-refractivity contribution in [3.8, 4) is 5.75 Å². The van der Waals surface area contributed by atoms with Crippen LogP contribution in [0.3, 0.4) is 0 Å². The van der Waals surface area contributed by atoms with Crippen LogP contribution >= 0.6 is 11.6 Å². The number of amides is 1. The van der Waals surface area contributed by atoms with E-state index in [1.165, 1.54) is 5.56 Å². The lowest BCUT2D eigenvalue weighted by Gasteiger charge is -2.35. The summed E-state index contributed by atoms with van der Waals surface area (Å²) in [6.45, 7) is 4.47. The Hall–Kier alpha value is -2.30. The number of piperazine rings is 1. The fourth-order valence-corrected chi connectivity index (χ4v) is 3.53. The van der Waals surface area contributed by atoms with E-state index < -0.39 is 0 Å². The van der Waals surface area contributed by atoms with Crippen LogP contribution in [-0.2, 0) is 11.3 Å². The summed E-state index contributed by atoms with van der Waals surface area (Å²) in [4.78, 5) is 17.1. The van der Waals surface area contributed by atoms with Gasteiger partial charge >= 0.3 is 0 Å². The average Bonchev–Trinajstić information content (AvgIpc) is 2.69. The summed E-state index contributed by atoms with van der Waals surface area (Å²) in [5, 5.41) is 0.758. The lowest BCUT2D eigenvalue weighted by Crippen LogP contribution is -2.49. The molecule has 0 bridgehead atoms. The second kappa shape index (κ2) is 7.52. The second-order valence-electron chi connectivity index (χ2n) is 6.69. The van der Waals surface area contributed by atoms with E-state index in [2.05, 4.69) is 17.0 Å². The molecule has 5 heteroatoms. The van der Waals surface area contributed by atoms with Gasteiger partial charge in [-0.25, -0.2) is 0 Å². The highest BCUT2D eigenvalue weighted by molar-refractivity contribution is 6.30. The first-order valence-electron chi connectivity index (χ1n) is 8.87. The highest BCUT2D eigenvalue weighted by Gasteiger charge is 2.25. The Labute approximate surface area is 158 Å². The van der Waals surface area contributed by atoms with E-state index in [1.807, 2.05) is 47.4 Å². The first-order chi connectivity index (χ1) is 12.7. The van der Waals surface area contributed by atoms with Gasteiger partial charge in [0.1, 0.15) is 12.4 Å². The third kappa shape index (κ3) is 3.76. The molecule has 4 rings (SSSR count). The number of carbonyl (C=O) groups is 1. The highest BCUT2D eigenvalue weighted by atomic mass is 35.5. The molecule has 134 valence electrons. The van der Waals surface area contributed by atoms with Crippen LogP contribution in [0.25, 0.3) is 6.08 Å². The molecule has 1 fully saturated rings. The summed E-state index contributed by atoms with van der Waals surface area (Å²) in [5.41, 5.74) is 2.95. The molecular weight excluding hydrogens is 348 g/mol. The SMILES string of the molecule is O=C(C1=Cc2ccccc2OC1)N1CCN(Cc2ccc(Cl)cc2)CC1. The number of hydrogen-bond acceptors (Lipinski definition) is 3. The van der Waals surface area contributed by atoms with Crippen molar-refractivity contribution in [1.29, 1.82) is 0 Å². The third-order valence-electron chi connectivity index (χ3n) is 4.89. The molecule has 0 atom stereocenters. The first kappa shape index (κ1) is 17.1. The maximum atomic E-state index is 12.8. The van der Waals surface area contributed by atoms with E-state index in [-0.39, 0.29) is 5.91 Å². The number of hydrogen-bond donors (Lipinski definition) is 0. The van der Waals surface area contributed by atoms with Gasteiger partial charge in [-0.05, 0) is 29.8 Å². The van der Waals surface area contributed by atoms with Crippen LogP contribution in [0.1, 0.15) is 11.1 Å². The largest absolute Gasteiger partial charge is 0.488 e. The van der Waals surface area contributed by atoms with Gasteiger partial charge in [0.25, 0.3) is 5.91 Å². The molecule has 0 N–H and O–H groups in total. The Kier molecular flexibility index (Phi) is 4.96. The predicted octanol–water partition coefficient (Wildman–Crippen LogP) is 3.46. The normalized spacial score (nSPS) is 17.3. The van der Waals surface area contributed by atoms with Crippen molar-refractivity contribution >= 4 is 23.6 Å². The monoisotopic (exact) mass is 368 g/mol. The predicted molar refractivity (Wildman–Crippen MR) is 103 cm³/mol.